The van der Waals surface area contributed by atoms with Gasteiger partial charge in [0.1, 0.15) is 6.04 Å². The second kappa shape index (κ2) is 5.09. The Morgan fingerprint density at radius 2 is 2.33 bits per heavy atom. The molecular formula is C9H16N2O4. The molecule has 86 valence electrons. The van der Waals surface area contributed by atoms with Gasteiger partial charge in [0, 0.05) is 27.2 Å². The number of carboxylic acids is 1. The number of ether oxygens (including phenoxy) is 1. The normalized spacial score (nSPS) is 23.2. The van der Waals surface area contributed by atoms with Gasteiger partial charge in [0.25, 0.3) is 0 Å². The number of hydrogen-bond donors (Lipinski definition) is 1. The smallest absolute Gasteiger partial charge is 0.322 e. The first-order valence-corrected chi connectivity index (χ1v) is 4.76. The molecule has 0 aromatic carbocycles. The first-order chi connectivity index (χ1) is 7.06. The Morgan fingerprint density at radius 1 is 1.67 bits per heavy atom. The van der Waals surface area contributed by atoms with Gasteiger partial charge >= 0.3 is 5.97 Å². The van der Waals surface area contributed by atoms with Crippen LogP contribution in [-0.4, -0.2) is 73.2 Å². The van der Waals surface area contributed by atoms with Crippen molar-refractivity contribution in [2.24, 2.45) is 0 Å². The summed E-state index contributed by atoms with van der Waals surface area (Å²) in [6, 6.07) is -0.622. The topological polar surface area (TPSA) is 70.1 Å². The highest BCUT2D eigenvalue weighted by Gasteiger charge is 2.34. The van der Waals surface area contributed by atoms with Crippen LogP contribution in [0, 0.1) is 0 Å². The fourth-order valence-corrected chi connectivity index (χ4v) is 1.56. The number of rotatable bonds is 4. The Labute approximate surface area is 88.4 Å². The molecule has 1 rings (SSSR count). The van der Waals surface area contributed by atoms with Crippen molar-refractivity contribution in [3.63, 3.8) is 0 Å². The van der Waals surface area contributed by atoms with E-state index in [2.05, 4.69) is 0 Å². The van der Waals surface area contributed by atoms with E-state index in [4.69, 9.17) is 9.84 Å². The van der Waals surface area contributed by atoms with Crippen molar-refractivity contribution < 1.29 is 19.4 Å². The summed E-state index contributed by atoms with van der Waals surface area (Å²) in [6.45, 7) is 1.28. The number of likely N-dealkylation sites (N-methyl/N-ethyl adjacent to an activating group) is 1. The lowest BCUT2D eigenvalue weighted by atomic mass is 10.1. The molecule has 1 aliphatic rings. The molecule has 15 heavy (non-hydrogen) atoms. The van der Waals surface area contributed by atoms with Crippen LogP contribution in [0.2, 0.25) is 0 Å². The summed E-state index contributed by atoms with van der Waals surface area (Å²) >= 11 is 0. The lowest BCUT2D eigenvalue weighted by Crippen LogP contribution is -2.58. The van der Waals surface area contributed by atoms with Gasteiger partial charge < -0.3 is 14.7 Å². The minimum atomic E-state index is -0.898. The average Bonchev–Trinajstić information content (AvgIpc) is 2.19. The van der Waals surface area contributed by atoms with Crippen LogP contribution in [0.1, 0.15) is 0 Å². The van der Waals surface area contributed by atoms with E-state index in [1.165, 1.54) is 4.90 Å². The molecule has 1 aliphatic heterocycles. The van der Waals surface area contributed by atoms with Crippen LogP contribution in [0.4, 0.5) is 0 Å². The molecule has 1 saturated heterocycles. The van der Waals surface area contributed by atoms with E-state index < -0.39 is 12.0 Å². The number of hydrogen-bond acceptors (Lipinski definition) is 4. The maximum absolute atomic E-state index is 11.4. The van der Waals surface area contributed by atoms with E-state index in [0.717, 1.165) is 0 Å². The van der Waals surface area contributed by atoms with Crippen molar-refractivity contribution in [3.05, 3.63) is 0 Å². The third kappa shape index (κ3) is 2.90. The molecule has 0 bridgehead atoms. The summed E-state index contributed by atoms with van der Waals surface area (Å²) in [5, 5.41) is 8.99. The second-order valence-electron chi connectivity index (χ2n) is 3.59. The number of methoxy groups -OCH3 is 1. The first kappa shape index (κ1) is 11.9. The highest BCUT2D eigenvalue weighted by molar-refractivity contribution is 5.83. The second-order valence-corrected chi connectivity index (χ2v) is 3.59. The number of aliphatic carboxylic acids is 1. The minimum absolute atomic E-state index is 0.0522. The van der Waals surface area contributed by atoms with Crippen molar-refractivity contribution >= 4 is 11.9 Å². The van der Waals surface area contributed by atoms with E-state index in [0.29, 0.717) is 13.2 Å². The van der Waals surface area contributed by atoms with Crippen molar-refractivity contribution in [2.75, 3.05) is 40.4 Å². The number of nitrogens with zero attached hydrogens (tertiary/aromatic N) is 2. The molecule has 1 unspecified atom stereocenters. The maximum atomic E-state index is 11.4. The van der Waals surface area contributed by atoms with Gasteiger partial charge in [0.05, 0.1) is 13.2 Å². The van der Waals surface area contributed by atoms with Crippen molar-refractivity contribution in [1.29, 1.82) is 0 Å². The molecule has 1 fully saturated rings. The molecule has 6 heteroatoms. The molecule has 0 aliphatic carbocycles. The molecule has 0 spiro atoms. The number of carbonyl (C=O) groups excluding carboxylic acids is 1. The quantitative estimate of drug-likeness (QED) is 0.643. The zero-order valence-corrected chi connectivity index (χ0v) is 8.97. The third-order valence-electron chi connectivity index (χ3n) is 2.52. The average molecular weight is 216 g/mol. The van der Waals surface area contributed by atoms with Gasteiger partial charge in [-0.25, -0.2) is 0 Å². The zero-order chi connectivity index (χ0) is 11.4. The van der Waals surface area contributed by atoms with E-state index in [-0.39, 0.29) is 19.0 Å². The molecule has 0 aromatic rings. The molecule has 6 nitrogen and oxygen atoms in total. The summed E-state index contributed by atoms with van der Waals surface area (Å²) < 4.78 is 4.88. The number of piperazine rings is 1. The Bertz CT molecular complexity index is 256. The minimum Gasteiger partial charge on any atom is -0.480 e. The summed E-state index contributed by atoms with van der Waals surface area (Å²) in [5.41, 5.74) is 0. The van der Waals surface area contributed by atoms with Crippen molar-refractivity contribution in [2.45, 2.75) is 6.04 Å². The van der Waals surface area contributed by atoms with Crippen LogP contribution in [-0.2, 0) is 14.3 Å². The largest absolute Gasteiger partial charge is 0.480 e. The highest BCUT2D eigenvalue weighted by Crippen LogP contribution is 2.09. The number of carbonyl (C=O) groups is 2. The molecule has 0 radical (unpaired) electrons. The predicted octanol–water partition coefficient (Wildman–Crippen LogP) is -1.14. The maximum Gasteiger partial charge on any atom is 0.322 e. The van der Waals surface area contributed by atoms with Gasteiger partial charge in [-0.05, 0) is 0 Å². The highest BCUT2D eigenvalue weighted by atomic mass is 16.5. The summed E-state index contributed by atoms with van der Waals surface area (Å²) in [5.74, 6) is -0.950. The molecule has 0 aromatic heterocycles. The lowest BCUT2D eigenvalue weighted by molar-refractivity contribution is -0.151. The van der Waals surface area contributed by atoms with E-state index in [1.54, 1.807) is 19.1 Å². The SMILES string of the molecule is COCCN1CC(=O)N(C)CC1C(=O)O. The van der Waals surface area contributed by atoms with Gasteiger partial charge in [-0.15, -0.1) is 0 Å². The molecular weight excluding hydrogens is 200 g/mol. The Balaban J connectivity index is 2.63. The van der Waals surface area contributed by atoms with Gasteiger partial charge in [-0.3, -0.25) is 14.5 Å². The first-order valence-electron chi connectivity index (χ1n) is 4.76. The van der Waals surface area contributed by atoms with Gasteiger partial charge in [0.2, 0.25) is 5.91 Å². The Morgan fingerprint density at radius 3 is 2.87 bits per heavy atom. The van der Waals surface area contributed by atoms with Crippen molar-refractivity contribution in [3.8, 4) is 0 Å². The molecule has 1 atom stereocenters. The van der Waals surface area contributed by atoms with E-state index >= 15 is 0 Å². The lowest BCUT2D eigenvalue weighted by Gasteiger charge is -2.36. The Kier molecular flexibility index (Phi) is 4.05. The zero-order valence-electron chi connectivity index (χ0n) is 8.97. The third-order valence-corrected chi connectivity index (χ3v) is 2.52. The predicted molar refractivity (Wildman–Crippen MR) is 52.5 cm³/mol. The molecule has 1 amide bonds. The number of amides is 1. The number of carboxylic acid groups (broad SMARTS) is 1. The molecule has 1 heterocycles. The van der Waals surface area contributed by atoms with Crippen LogP contribution >= 0.6 is 0 Å². The van der Waals surface area contributed by atoms with Gasteiger partial charge in [-0.2, -0.15) is 0 Å². The monoisotopic (exact) mass is 216 g/mol. The van der Waals surface area contributed by atoms with Gasteiger partial charge in [0.15, 0.2) is 0 Å². The van der Waals surface area contributed by atoms with Crippen LogP contribution in [0.15, 0.2) is 0 Å². The standard InChI is InChI=1S/C9H16N2O4/c1-10-5-7(9(13)14)11(3-4-15-2)6-8(10)12/h7H,3-6H2,1-2H3,(H,13,14). The summed E-state index contributed by atoms with van der Waals surface area (Å²) in [6.07, 6.45) is 0. The van der Waals surface area contributed by atoms with Crippen LogP contribution in [0.5, 0.6) is 0 Å². The Hall–Kier alpha value is -1.14. The van der Waals surface area contributed by atoms with Crippen LogP contribution in [0.3, 0.4) is 0 Å². The fourth-order valence-electron chi connectivity index (χ4n) is 1.56. The van der Waals surface area contributed by atoms with Crippen LogP contribution in [0.25, 0.3) is 0 Å². The van der Waals surface area contributed by atoms with Crippen molar-refractivity contribution in [1.82, 2.24) is 9.80 Å². The fraction of sp³-hybridized carbons (Fsp3) is 0.778. The molecule has 1 N–H and O–H groups in total. The van der Waals surface area contributed by atoms with Crippen LogP contribution < -0.4 is 0 Å². The molecule has 0 saturated carbocycles. The summed E-state index contributed by atoms with van der Waals surface area (Å²) in [4.78, 5) is 25.4. The van der Waals surface area contributed by atoms with Gasteiger partial charge in [-0.1, -0.05) is 0 Å². The summed E-state index contributed by atoms with van der Waals surface area (Å²) in [7, 11) is 3.17. The van der Waals surface area contributed by atoms with E-state index in [1.807, 2.05) is 0 Å². The van der Waals surface area contributed by atoms with E-state index in [9.17, 15) is 9.59 Å².